The molecule has 1 heterocycles. The molecule has 5 nitrogen and oxygen atoms in total. The number of ether oxygens (including phenoxy) is 1. The van der Waals surface area contributed by atoms with Crippen molar-refractivity contribution in [3.8, 4) is 5.75 Å². The number of benzene rings is 1. The minimum atomic E-state index is -0.414. The predicted molar refractivity (Wildman–Crippen MR) is 65.5 cm³/mol. The summed E-state index contributed by atoms with van der Waals surface area (Å²) in [5, 5.41) is 10.9. The summed E-state index contributed by atoms with van der Waals surface area (Å²) in [6.07, 6.45) is 0.743. The maximum Gasteiger partial charge on any atom is 0.311 e. The van der Waals surface area contributed by atoms with E-state index in [1.54, 1.807) is 6.07 Å². The molecule has 0 amide bonds. The van der Waals surface area contributed by atoms with Crippen LogP contribution in [-0.4, -0.2) is 18.6 Å². The molecule has 1 aliphatic rings. The Bertz CT molecular complexity index is 497. The average Bonchev–Trinajstić information content (AvgIpc) is 2.70. The molecular weight excluding hydrogens is 220 g/mol. The molecule has 1 aromatic carbocycles. The molecule has 90 valence electrons. The van der Waals surface area contributed by atoms with Crippen molar-refractivity contribution >= 4 is 11.4 Å². The van der Waals surface area contributed by atoms with E-state index >= 15 is 0 Å². The zero-order valence-electron chi connectivity index (χ0n) is 9.90. The Morgan fingerprint density at radius 3 is 2.82 bits per heavy atom. The van der Waals surface area contributed by atoms with Gasteiger partial charge in [0.25, 0.3) is 0 Å². The first kappa shape index (κ1) is 11.4. The molecule has 1 aromatic rings. The maximum absolute atomic E-state index is 10.9. The number of nitrogens with zero attached hydrogens (tertiary/aromatic N) is 2. The van der Waals surface area contributed by atoms with E-state index < -0.39 is 4.92 Å². The predicted octanol–water partition coefficient (Wildman–Crippen LogP) is 2.50. The molecule has 0 spiro atoms. The fourth-order valence-corrected chi connectivity index (χ4v) is 2.21. The first-order valence-electron chi connectivity index (χ1n) is 5.33. The molecule has 0 N–H and O–H groups in total. The SMILES string of the molecule is C=C(C)N1CCc2c1ccc([N+](=O)[O-])c2OC. The molecule has 0 bridgehead atoms. The number of allylic oxidation sites excluding steroid dienone is 1. The second-order valence-electron chi connectivity index (χ2n) is 4.01. The Kier molecular flexibility index (Phi) is 2.75. The number of nitro benzene ring substituents is 1. The summed E-state index contributed by atoms with van der Waals surface area (Å²) in [4.78, 5) is 12.5. The molecule has 0 aromatic heterocycles. The van der Waals surface area contributed by atoms with E-state index in [-0.39, 0.29) is 5.69 Å². The molecule has 0 radical (unpaired) electrons. The van der Waals surface area contributed by atoms with Crippen LogP contribution in [0, 0.1) is 10.1 Å². The zero-order valence-corrected chi connectivity index (χ0v) is 9.90. The van der Waals surface area contributed by atoms with Gasteiger partial charge in [-0.05, 0) is 19.4 Å². The number of methoxy groups -OCH3 is 1. The van der Waals surface area contributed by atoms with Crippen LogP contribution in [0.1, 0.15) is 12.5 Å². The lowest BCUT2D eigenvalue weighted by atomic mass is 10.1. The summed E-state index contributed by atoms with van der Waals surface area (Å²) in [5.74, 6) is 0.372. The zero-order chi connectivity index (χ0) is 12.6. The summed E-state index contributed by atoms with van der Waals surface area (Å²) in [5.41, 5.74) is 2.80. The molecule has 2 rings (SSSR count). The van der Waals surface area contributed by atoms with Gasteiger partial charge in [0, 0.05) is 29.6 Å². The van der Waals surface area contributed by atoms with Crippen molar-refractivity contribution in [3.05, 3.63) is 40.1 Å². The highest BCUT2D eigenvalue weighted by Crippen LogP contribution is 2.42. The second kappa shape index (κ2) is 4.08. The highest BCUT2D eigenvalue weighted by molar-refractivity contribution is 5.71. The van der Waals surface area contributed by atoms with Gasteiger partial charge in [-0.25, -0.2) is 0 Å². The Morgan fingerprint density at radius 2 is 2.29 bits per heavy atom. The third kappa shape index (κ3) is 1.73. The minimum Gasteiger partial charge on any atom is -0.490 e. The fraction of sp³-hybridized carbons (Fsp3) is 0.333. The van der Waals surface area contributed by atoms with Crippen LogP contribution < -0.4 is 9.64 Å². The van der Waals surface area contributed by atoms with Gasteiger partial charge in [0.15, 0.2) is 0 Å². The number of rotatable bonds is 3. The lowest BCUT2D eigenvalue weighted by Gasteiger charge is -2.19. The summed E-state index contributed by atoms with van der Waals surface area (Å²) in [6.45, 7) is 6.61. The van der Waals surface area contributed by atoms with Crippen LogP contribution in [0.15, 0.2) is 24.4 Å². The lowest BCUT2D eigenvalue weighted by molar-refractivity contribution is -0.385. The smallest absolute Gasteiger partial charge is 0.311 e. The molecule has 5 heteroatoms. The standard InChI is InChI=1S/C12H14N2O3/c1-8(2)13-7-6-9-10(13)4-5-11(14(15)16)12(9)17-3/h4-5H,1,6-7H2,2-3H3. The van der Waals surface area contributed by atoms with Gasteiger partial charge in [0.2, 0.25) is 5.75 Å². The quantitative estimate of drug-likeness (QED) is 0.595. The van der Waals surface area contributed by atoms with Crippen LogP contribution in [0.4, 0.5) is 11.4 Å². The molecule has 0 fully saturated rings. The second-order valence-corrected chi connectivity index (χ2v) is 4.01. The molecule has 0 saturated heterocycles. The normalized spacial score (nSPS) is 13.4. The van der Waals surface area contributed by atoms with Crippen molar-refractivity contribution in [2.24, 2.45) is 0 Å². The van der Waals surface area contributed by atoms with Crippen LogP contribution in [0.5, 0.6) is 5.75 Å². The van der Waals surface area contributed by atoms with Crippen molar-refractivity contribution in [1.29, 1.82) is 0 Å². The number of anilines is 1. The van der Waals surface area contributed by atoms with E-state index in [9.17, 15) is 10.1 Å². The van der Waals surface area contributed by atoms with E-state index in [0.29, 0.717) is 5.75 Å². The first-order chi connectivity index (χ1) is 8.06. The van der Waals surface area contributed by atoms with E-state index in [1.807, 2.05) is 11.8 Å². The van der Waals surface area contributed by atoms with Gasteiger partial charge in [-0.3, -0.25) is 10.1 Å². The first-order valence-corrected chi connectivity index (χ1v) is 5.33. The minimum absolute atomic E-state index is 0.0230. The van der Waals surface area contributed by atoms with Gasteiger partial charge >= 0.3 is 5.69 Å². The highest BCUT2D eigenvalue weighted by Gasteiger charge is 2.28. The molecule has 0 saturated carbocycles. The van der Waals surface area contributed by atoms with E-state index in [2.05, 4.69) is 6.58 Å². The van der Waals surface area contributed by atoms with Crippen LogP contribution in [0.2, 0.25) is 0 Å². The van der Waals surface area contributed by atoms with Crippen LogP contribution in [-0.2, 0) is 6.42 Å². The molecule has 0 aliphatic carbocycles. The van der Waals surface area contributed by atoms with Crippen molar-refractivity contribution in [1.82, 2.24) is 0 Å². The van der Waals surface area contributed by atoms with Crippen LogP contribution in [0.25, 0.3) is 0 Å². The van der Waals surface area contributed by atoms with Gasteiger partial charge in [0.1, 0.15) is 0 Å². The van der Waals surface area contributed by atoms with E-state index in [4.69, 9.17) is 4.74 Å². The summed E-state index contributed by atoms with van der Waals surface area (Å²) in [6, 6.07) is 3.25. The summed E-state index contributed by atoms with van der Waals surface area (Å²) in [7, 11) is 1.46. The monoisotopic (exact) mass is 234 g/mol. The van der Waals surface area contributed by atoms with Gasteiger partial charge in [-0.2, -0.15) is 0 Å². The number of hydrogen-bond acceptors (Lipinski definition) is 4. The largest absolute Gasteiger partial charge is 0.490 e. The Hall–Kier alpha value is -2.04. The Labute approximate surface area is 99.5 Å². The highest BCUT2D eigenvalue weighted by atomic mass is 16.6. The molecule has 17 heavy (non-hydrogen) atoms. The van der Waals surface area contributed by atoms with E-state index in [1.165, 1.54) is 13.2 Å². The van der Waals surface area contributed by atoms with Gasteiger partial charge in [-0.1, -0.05) is 6.58 Å². The van der Waals surface area contributed by atoms with Crippen molar-refractivity contribution < 1.29 is 9.66 Å². The van der Waals surface area contributed by atoms with Crippen molar-refractivity contribution in [2.45, 2.75) is 13.3 Å². The van der Waals surface area contributed by atoms with Crippen molar-refractivity contribution in [2.75, 3.05) is 18.6 Å². The maximum atomic E-state index is 10.9. The van der Waals surface area contributed by atoms with Crippen molar-refractivity contribution in [3.63, 3.8) is 0 Å². The van der Waals surface area contributed by atoms with E-state index in [0.717, 1.165) is 29.9 Å². The number of hydrogen-bond donors (Lipinski definition) is 0. The summed E-state index contributed by atoms with van der Waals surface area (Å²) >= 11 is 0. The Morgan fingerprint density at radius 1 is 1.59 bits per heavy atom. The average molecular weight is 234 g/mol. The molecule has 0 atom stereocenters. The van der Waals surface area contributed by atoms with Crippen LogP contribution >= 0.6 is 0 Å². The van der Waals surface area contributed by atoms with Gasteiger partial charge in [0.05, 0.1) is 12.0 Å². The van der Waals surface area contributed by atoms with Gasteiger partial charge < -0.3 is 9.64 Å². The third-order valence-corrected chi connectivity index (χ3v) is 2.95. The van der Waals surface area contributed by atoms with Gasteiger partial charge in [-0.15, -0.1) is 0 Å². The van der Waals surface area contributed by atoms with Crippen LogP contribution in [0.3, 0.4) is 0 Å². The number of fused-ring (bicyclic) bond motifs is 1. The third-order valence-electron chi connectivity index (χ3n) is 2.95. The summed E-state index contributed by atoms with van der Waals surface area (Å²) < 4.78 is 5.18. The lowest BCUT2D eigenvalue weighted by Crippen LogP contribution is -2.16. The fourth-order valence-electron chi connectivity index (χ4n) is 2.21. The molecular formula is C12H14N2O3. The molecule has 0 unspecified atom stereocenters. The number of nitro groups is 1. The molecule has 1 aliphatic heterocycles. The topological polar surface area (TPSA) is 55.6 Å². The Balaban J connectivity index is 2.57.